The second-order valence-electron chi connectivity index (χ2n) is 11.0. The molecule has 0 spiro atoms. The van der Waals surface area contributed by atoms with E-state index in [-0.39, 0.29) is 56.3 Å². The number of hydrogen-bond donors (Lipinski definition) is 4. The van der Waals surface area contributed by atoms with Gasteiger partial charge in [-0.25, -0.2) is 4.98 Å². The zero-order chi connectivity index (χ0) is 32.1. The van der Waals surface area contributed by atoms with Gasteiger partial charge in [0.2, 0.25) is 11.7 Å². The fraction of sp³-hybridized carbons (Fsp3) is 0.593. The Hall–Kier alpha value is -3.73. The number of carbonyl (C=O) groups excluding carboxylic acids is 3. The minimum absolute atomic E-state index is 0.114. The average Bonchev–Trinajstić information content (AvgIpc) is 3.64. The number of aromatic amines is 1. The summed E-state index contributed by atoms with van der Waals surface area (Å²) >= 11 is 0. The van der Waals surface area contributed by atoms with Gasteiger partial charge in [-0.2, -0.15) is 31.4 Å². The van der Waals surface area contributed by atoms with Crippen molar-refractivity contribution in [2.24, 2.45) is 5.92 Å². The van der Waals surface area contributed by atoms with Crippen molar-refractivity contribution >= 4 is 23.3 Å². The fourth-order valence-corrected chi connectivity index (χ4v) is 5.10. The first-order chi connectivity index (χ1) is 20.7. The molecule has 17 heteroatoms. The molecule has 242 valence electrons. The third-order valence-corrected chi connectivity index (χ3v) is 7.59. The molecule has 4 rings (SSSR count). The molecule has 0 radical (unpaired) electrons. The molecule has 1 aromatic carbocycles. The van der Waals surface area contributed by atoms with Crippen molar-refractivity contribution in [1.29, 1.82) is 0 Å². The van der Waals surface area contributed by atoms with E-state index in [2.05, 4.69) is 31.1 Å². The number of H-pyrrole nitrogens is 1. The lowest BCUT2D eigenvalue weighted by atomic mass is 10.0. The fourth-order valence-electron chi connectivity index (χ4n) is 5.10. The summed E-state index contributed by atoms with van der Waals surface area (Å²) in [5, 5.41) is 13.2. The molecule has 0 bridgehead atoms. The van der Waals surface area contributed by atoms with Gasteiger partial charge in [0.1, 0.15) is 18.2 Å². The molecular formula is C27H34F6N8O3. The van der Waals surface area contributed by atoms with Crippen LogP contribution in [-0.4, -0.2) is 102 Å². The van der Waals surface area contributed by atoms with Crippen LogP contribution in [0.1, 0.15) is 36.7 Å². The highest BCUT2D eigenvalue weighted by molar-refractivity contribution is 6.38. The average molecular weight is 633 g/mol. The van der Waals surface area contributed by atoms with E-state index in [1.54, 1.807) is 4.90 Å². The van der Waals surface area contributed by atoms with Gasteiger partial charge in [-0.3, -0.25) is 29.7 Å². The minimum Gasteiger partial charge on any atom is -0.369 e. The Bertz CT molecular complexity index is 1260. The van der Waals surface area contributed by atoms with Crippen LogP contribution in [0.3, 0.4) is 0 Å². The summed E-state index contributed by atoms with van der Waals surface area (Å²) < 4.78 is 81.4. The van der Waals surface area contributed by atoms with Crippen molar-refractivity contribution in [3.8, 4) is 0 Å². The maximum atomic E-state index is 14.4. The van der Waals surface area contributed by atoms with E-state index in [1.165, 1.54) is 36.2 Å². The molecule has 2 aromatic rings. The number of nitrogens with zero attached hydrogens (tertiary/aromatic N) is 4. The third-order valence-electron chi connectivity index (χ3n) is 7.59. The first kappa shape index (κ1) is 33.2. The van der Waals surface area contributed by atoms with Gasteiger partial charge in [-0.15, -0.1) is 0 Å². The van der Waals surface area contributed by atoms with Crippen LogP contribution >= 0.6 is 0 Å². The third kappa shape index (κ3) is 9.38. The predicted molar refractivity (Wildman–Crippen MR) is 145 cm³/mol. The summed E-state index contributed by atoms with van der Waals surface area (Å²) in [6.07, 6.45) is -6.56. The van der Waals surface area contributed by atoms with Crippen molar-refractivity contribution < 1.29 is 40.7 Å². The number of rotatable bonds is 13. The van der Waals surface area contributed by atoms with Gasteiger partial charge >= 0.3 is 12.4 Å². The second kappa shape index (κ2) is 13.9. The molecule has 4 N–H and O–H groups in total. The van der Waals surface area contributed by atoms with Crippen molar-refractivity contribution in [3.63, 3.8) is 0 Å². The van der Waals surface area contributed by atoms with Crippen molar-refractivity contribution in [2.75, 3.05) is 44.7 Å². The topological polar surface area (TPSA) is 135 Å². The molecule has 44 heavy (non-hydrogen) atoms. The first-order valence-corrected chi connectivity index (χ1v) is 14.1. The Balaban J connectivity index is 1.50. The standard InChI is InChI=1S/C27H34F6N8O3/c1-34-25(44)22(42)19(12-16-2-3-16)38-24(43)20(13-21-35-15-36-39-21)37-23(27(31,32)33)17-4-6-18(7-5-17)41-10-8-40(9-11-41)14-26(28,29)30/h4-7,15-16,19-20,23,37H,2-3,8-14H2,1H3,(H,34,44)(H,38,43)(H,35,36,39)/t19-,20-,23-/m0/s1. The summed E-state index contributed by atoms with van der Waals surface area (Å²) in [5.41, 5.74) is 0.344. The highest BCUT2D eigenvalue weighted by atomic mass is 19.4. The highest BCUT2D eigenvalue weighted by Gasteiger charge is 2.44. The molecule has 1 saturated heterocycles. The molecule has 0 unspecified atom stereocenters. The number of anilines is 1. The summed E-state index contributed by atoms with van der Waals surface area (Å²) in [4.78, 5) is 45.0. The number of Topliss-reactive ketones (excluding diaryl/α,β-unsaturated/α-hetero) is 1. The Morgan fingerprint density at radius 2 is 1.66 bits per heavy atom. The van der Waals surface area contributed by atoms with Crippen LogP contribution in [0.5, 0.6) is 0 Å². The molecule has 1 aliphatic heterocycles. The molecule has 3 atom stereocenters. The number of likely N-dealkylation sites (N-methyl/N-ethyl adjacent to an activating group) is 1. The number of aromatic nitrogens is 3. The van der Waals surface area contributed by atoms with Crippen LogP contribution in [0, 0.1) is 5.92 Å². The van der Waals surface area contributed by atoms with E-state index in [4.69, 9.17) is 0 Å². The molecule has 2 heterocycles. The molecular weight excluding hydrogens is 598 g/mol. The van der Waals surface area contributed by atoms with E-state index in [9.17, 15) is 40.7 Å². The summed E-state index contributed by atoms with van der Waals surface area (Å²) in [6.45, 7) is -0.185. The number of benzene rings is 1. The lowest BCUT2D eigenvalue weighted by Gasteiger charge is -2.36. The lowest BCUT2D eigenvalue weighted by Crippen LogP contribution is -2.55. The van der Waals surface area contributed by atoms with Gasteiger partial charge in [0.25, 0.3) is 5.91 Å². The maximum Gasteiger partial charge on any atom is 0.407 e. The number of amides is 2. The molecule has 1 aromatic heterocycles. The number of alkyl halides is 6. The van der Waals surface area contributed by atoms with Crippen LogP contribution in [0.15, 0.2) is 30.6 Å². The van der Waals surface area contributed by atoms with E-state index in [0.717, 1.165) is 19.2 Å². The van der Waals surface area contributed by atoms with Crippen LogP contribution in [-0.2, 0) is 20.8 Å². The van der Waals surface area contributed by atoms with Crippen molar-refractivity contribution in [3.05, 3.63) is 42.0 Å². The minimum atomic E-state index is -4.85. The van der Waals surface area contributed by atoms with E-state index >= 15 is 0 Å². The molecule has 2 amide bonds. The van der Waals surface area contributed by atoms with Gasteiger partial charge in [-0.05, 0) is 30.0 Å². The van der Waals surface area contributed by atoms with Gasteiger partial charge in [-0.1, -0.05) is 25.0 Å². The van der Waals surface area contributed by atoms with Crippen molar-refractivity contribution in [1.82, 2.24) is 36.0 Å². The first-order valence-electron chi connectivity index (χ1n) is 14.1. The monoisotopic (exact) mass is 632 g/mol. The van der Waals surface area contributed by atoms with Gasteiger partial charge in [0, 0.05) is 45.3 Å². The zero-order valence-corrected chi connectivity index (χ0v) is 23.8. The molecule has 2 aliphatic rings. The Morgan fingerprint density at radius 1 is 1.00 bits per heavy atom. The number of carbonyl (C=O) groups is 3. The number of piperazine rings is 1. The second-order valence-corrected chi connectivity index (χ2v) is 11.0. The molecule has 11 nitrogen and oxygen atoms in total. The van der Waals surface area contributed by atoms with Crippen molar-refractivity contribution in [2.45, 2.75) is 56.2 Å². The Kier molecular flexibility index (Phi) is 10.5. The normalized spacial score (nSPS) is 18.4. The number of ketones is 1. The van der Waals surface area contributed by atoms with E-state index in [0.29, 0.717) is 5.69 Å². The van der Waals surface area contributed by atoms with E-state index in [1.807, 2.05) is 0 Å². The highest BCUT2D eigenvalue weighted by Crippen LogP contribution is 2.35. The Labute approximate surface area is 249 Å². The predicted octanol–water partition coefficient (Wildman–Crippen LogP) is 1.89. The van der Waals surface area contributed by atoms with Crippen LogP contribution in [0.2, 0.25) is 0 Å². The smallest absolute Gasteiger partial charge is 0.369 e. The lowest BCUT2D eigenvalue weighted by molar-refractivity contribution is -0.161. The summed E-state index contributed by atoms with van der Waals surface area (Å²) in [5.74, 6) is -2.51. The maximum absolute atomic E-state index is 14.4. The van der Waals surface area contributed by atoms with Crippen LogP contribution in [0.25, 0.3) is 0 Å². The molecule has 1 saturated carbocycles. The zero-order valence-electron chi connectivity index (χ0n) is 23.8. The van der Waals surface area contributed by atoms with Crippen LogP contribution in [0.4, 0.5) is 32.0 Å². The number of halogens is 6. The molecule has 2 fully saturated rings. The SMILES string of the molecule is CNC(=O)C(=O)[C@H](CC1CC1)NC(=O)[C@H](Cc1ncn[nH]1)N[C@@H](c1ccc(N2CCN(CC(F)(F)F)CC2)cc1)C(F)(F)F. The van der Waals surface area contributed by atoms with Crippen LogP contribution < -0.4 is 20.9 Å². The van der Waals surface area contributed by atoms with Gasteiger partial charge in [0.05, 0.1) is 18.6 Å². The van der Waals surface area contributed by atoms with E-state index < -0.39 is 54.6 Å². The largest absolute Gasteiger partial charge is 0.407 e. The van der Waals surface area contributed by atoms with Gasteiger partial charge < -0.3 is 15.5 Å². The number of nitrogens with one attached hydrogen (secondary N) is 4. The summed E-state index contributed by atoms with van der Waals surface area (Å²) in [7, 11) is 1.26. The molecule has 1 aliphatic carbocycles. The van der Waals surface area contributed by atoms with Gasteiger partial charge in [0.15, 0.2) is 0 Å². The Morgan fingerprint density at radius 3 is 2.18 bits per heavy atom. The quantitative estimate of drug-likeness (QED) is 0.194. The summed E-state index contributed by atoms with van der Waals surface area (Å²) in [6, 6.07) is 0.344. The number of hydrogen-bond acceptors (Lipinski definition) is 8.